The van der Waals surface area contributed by atoms with Crippen molar-refractivity contribution < 1.29 is 29.0 Å². The highest BCUT2D eigenvalue weighted by Gasteiger charge is 2.27. The van der Waals surface area contributed by atoms with Gasteiger partial charge in [0.05, 0.1) is 22.3 Å². The number of hydrogen-bond donors (Lipinski definition) is 3. The van der Waals surface area contributed by atoms with Crippen LogP contribution in [0.25, 0.3) is 10.2 Å². The quantitative estimate of drug-likeness (QED) is 0.250. The van der Waals surface area contributed by atoms with Crippen LogP contribution in [0.1, 0.15) is 35.4 Å². The second-order valence-corrected chi connectivity index (χ2v) is 9.59. The molecule has 0 aliphatic rings. The number of carboxylic acids is 1. The third-order valence-corrected chi connectivity index (χ3v) is 6.50. The van der Waals surface area contributed by atoms with Crippen molar-refractivity contribution >= 4 is 51.0 Å². The van der Waals surface area contributed by atoms with Crippen molar-refractivity contribution in [3.05, 3.63) is 58.6 Å². The Bertz CT molecular complexity index is 1240. The summed E-state index contributed by atoms with van der Waals surface area (Å²) in [5, 5.41) is 15.8. The summed E-state index contributed by atoms with van der Waals surface area (Å²) in [7, 11) is 1.16. The molecule has 3 N–H and O–H groups in total. The smallest absolute Gasteiger partial charge is 0.320 e. The molecule has 0 spiro atoms. The molecule has 9 nitrogen and oxygen atoms in total. The molecule has 0 saturated carbocycles. The van der Waals surface area contributed by atoms with Gasteiger partial charge in [-0.3, -0.25) is 19.2 Å². The minimum Gasteiger partial charge on any atom is -0.481 e. The number of amides is 2. The minimum atomic E-state index is -1.24. The van der Waals surface area contributed by atoms with Crippen molar-refractivity contribution in [1.29, 1.82) is 0 Å². The van der Waals surface area contributed by atoms with Gasteiger partial charge in [-0.05, 0) is 55.5 Å². The van der Waals surface area contributed by atoms with Crippen LogP contribution in [0.4, 0.5) is 5.69 Å². The number of nitrogens with one attached hydrogen (secondary N) is 2. The zero-order chi connectivity index (χ0) is 26.1. The van der Waals surface area contributed by atoms with Crippen molar-refractivity contribution in [2.24, 2.45) is 5.92 Å². The summed E-state index contributed by atoms with van der Waals surface area (Å²) >= 11 is 1.57. The van der Waals surface area contributed by atoms with Gasteiger partial charge in [-0.1, -0.05) is 24.3 Å². The molecular formula is C26H29N3O6S. The van der Waals surface area contributed by atoms with Crippen molar-refractivity contribution in [3.63, 3.8) is 0 Å². The lowest BCUT2D eigenvalue weighted by atomic mass is 9.97. The van der Waals surface area contributed by atoms with Gasteiger partial charge in [0.25, 0.3) is 0 Å². The lowest BCUT2D eigenvalue weighted by Gasteiger charge is -2.10. The second-order valence-electron chi connectivity index (χ2n) is 8.35. The van der Waals surface area contributed by atoms with Gasteiger partial charge in [-0.25, -0.2) is 4.98 Å². The normalized spacial score (nSPS) is 11.6. The van der Waals surface area contributed by atoms with E-state index in [1.807, 2.05) is 37.3 Å². The van der Waals surface area contributed by atoms with Crippen LogP contribution in [0.15, 0.2) is 42.5 Å². The maximum atomic E-state index is 12.2. The molecule has 36 heavy (non-hydrogen) atoms. The third kappa shape index (κ3) is 7.88. The van der Waals surface area contributed by atoms with Gasteiger partial charge in [0.2, 0.25) is 11.8 Å². The van der Waals surface area contributed by atoms with Gasteiger partial charge < -0.3 is 20.5 Å². The lowest BCUT2D eigenvalue weighted by molar-refractivity contribution is -0.156. The summed E-state index contributed by atoms with van der Waals surface area (Å²) in [6.07, 6.45) is 1.86. The van der Waals surface area contributed by atoms with Crippen LogP contribution in [0.2, 0.25) is 0 Å². The SMILES string of the molecule is COC(=O)C(Cc1ccc(CCCC(=O)NCCC(=O)Nc2ccc3nc(C)sc3c2)cc1)C(=O)O. The summed E-state index contributed by atoms with van der Waals surface area (Å²) in [6, 6.07) is 12.9. The molecule has 0 bridgehead atoms. The summed E-state index contributed by atoms with van der Waals surface area (Å²) in [5.41, 5.74) is 3.33. The monoisotopic (exact) mass is 511 g/mol. The van der Waals surface area contributed by atoms with Crippen LogP contribution in [-0.2, 0) is 36.8 Å². The zero-order valence-corrected chi connectivity index (χ0v) is 21.0. The number of carbonyl (C=O) groups is 4. The number of nitrogens with zero attached hydrogens (tertiary/aromatic N) is 1. The fraction of sp³-hybridized carbons (Fsp3) is 0.346. The number of aromatic nitrogens is 1. The number of thiazole rings is 1. The Morgan fingerprint density at radius 3 is 2.44 bits per heavy atom. The Hall–Kier alpha value is -3.79. The molecule has 2 amide bonds. The number of esters is 1. The number of aliphatic carboxylic acids is 1. The molecule has 0 aliphatic carbocycles. The van der Waals surface area contributed by atoms with Crippen LogP contribution < -0.4 is 10.6 Å². The van der Waals surface area contributed by atoms with E-state index in [4.69, 9.17) is 0 Å². The molecule has 3 rings (SSSR count). The number of anilines is 1. The van der Waals surface area contributed by atoms with Crippen LogP contribution in [-0.4, -0.2) is 47.5 Å². The van der Waals surface area contributed by atoms with Crippen LogP contribution in [0, 0.1) is 12.8 Å². The summed E-state index contributed by atoms with van der Waals surface area (Å²) in [5.74, 6) is -3.53. The van der Waals surface area contributed by atoms with E-state index in [-0.39, 0.29) is 31.2 Å². The average molecular weight is 512 g/mol. The minimum absolute atomic E-state index is 0.0534. The summed E-state index contributed by atoms with van der Waals surface area (Å²) < 4.78 is 5.56. The molecule has 190 valence electrons. The zero-order valence-electron chi connectivity index (χ0n) is 20.2. The van der Waals surface area contributed by atoms with Crippen molar-refractivity contribution in [2.45, 2.75) is 39.0 Å². The first-order chi connectivity index (χ1) is 17.2. The second kappa shape index (κ2) is 12.8. The molecule has 1 heterocycles. The highest BCUT2D eigenvalue weighted by molar-refractivity contribution is 7.18. The Morgan fingerprint density at radius 2 is 1.75 bits per heavy atom. The van der Waals surface area contributed by atoms with Gasteiger partial charge in [0, 0.05) is 25.1 Å². The first kappa shape index (κ1) is 26.8. The molecule has 1 aromatic heterocycles. The highest BCUT2D eigenvalue weighted by atomic mass is 32.1. The van der Waals surface area contributed by atoms with Gasteiger partial charge in [0.1, 0.15) is 0 Å². The topological polar surface area (TPSA) is 135 Å². The van der Waals surface area contributed by atoms with E-state index in [1.54, 1.807) is 23.5 Å². The number of aryl methyl sites for hydroxylation is 2. The number of fused-ring (bicyclic) bond motifs is 1. The predicted octanol–water partition coefficient (Wildman–Crippen LogP) is 3.49. The number of carbonyl (C=O) groups excluding carboxylic acids is 3. The maximum absolute atomic E-state index is 12.2. The Balaban J connectivity index is 1.34. The highest BCUT2D eigenvalue weighted by Crippen LogP contribution is 2.24. The van der Waals surface area contributed by atoms with E-state index in [2.05, 4.69) is 20.4 Å². The Kier molecular flexibility index (Phi) is 9.52. The van der Waals surface area contributed by atoms with Gasteiger partial charge in [-0.2, -0.15) is 0 Å². The Morgan fingerprint density at radius 1 is 1.03 bits per heavy atom. The van der Waals surface area contributed by atoms with E-state index in [1.165, 1.54) is 0 Å². The van der Waals surface area contributed by atoms with E-state index < -0.39 is 17.9 Å². The fourth-order valence-electron chi connectivity index (χ4n) is 3.69. The Labute approximate surface area is 212 Å². The number of carboxylic acid groups (broad SMARTS) is 1. The first-order valence-corrected chi connectivity index (χ1v) is 12.4. The standard InChI is InChI=1S/C26H29N3O6S/c1-16-28-21-11-10-19(15-22(21)36-16)29-24(31)12-13-27-23(30)5-3-4-17-6-8-18(9-7-17)14-20(25(32)33)26(34)35-2/h6-11,15,20H,3-5,12-14H2,1-2H3,(H,27,30)(H,29,31)(H,32,33). The molecule has 0 radical (unpaired) electrons. The molecule has 0 aliphatic heterocycles. The average Bonchev–Trinajstić information content (AvgIpc) is 3.22. The molecule has 1 atom stereocenters. The molecule has 0 saturated heterocycles. The molecule has 10 heteroatoms. The fourth-order valence-corrected chi connectivity index (χ4v) is 4.56. The third-order valence-electron chi connectivity index (χ3n) is 5.57. The lowest BCUT2D eigenvalue weighted by Crippen LogP contribution is -2.27. The number of methoxy groups -OCH3 is 1. The maximum Gasteiger partial charge on any atom is 0.320 e. The number of benzene rings is 2. The number of ether oxygens (including phenoxy) is 1. The number of rotatable bonds is 12. The molecule has 0 fully saturated rings. The van der Waals surface area contributed by atoms with E-state index in [0.717, 1.165) is 33.5 Å². The first-order valence-electron chi connectivity index (χ1n) is 11.6. The van der Waals surface area contributed by atoms with E-state index in [0.29, 0.717) is 24.9 Å². The molecule has 3 aromatic rings. The van der Waals surface area contributed by atoms with Crippen molar-refractivity contribution in [2.75, 3.05) is 19.0 Å². The largest absolute Gasteiger partial charge is 0.481 e. The predicted molar refractivity (Wildman–Crippen MR) is 137 cm³/mol. The summed E-state index contributed by atoms with van der Waals surface area (Å²) in [4.78, 5) is 51.5. The van der Waals surface area contributed by atoms with E-state index >= 15 is 0 Å². The van der Waals surface area contributed by atoms with Gasteiger partial charge in [0.15, 0.2) is 5.92 Å². The van der Waals surface area contributed by atoms with Crippen LogP contribution >= 0.6 is 11.3 Å². The van der Waals surface area contributed by atoms with Crippen molar-refractivity contribution in [1.82, 2.24) is 10.3 Å². The molecular weight excluding hydrogens is 482 g/mol. The molecule has 2 aromatic carbocycles. The molecule has 1 unspecified atom stereocenters. The van der Waals surface area contributed by atoms with Crippen molar-refractivity contribution in [3.8, 4) is 0 Å². The van der Waals surface area contributed by atoms with Gasteiger partial charge >= 0.3 is 11.9 Å². The van der Waals surface area contributed by atoms with Crippen LogP contribution in [0.3, 0.4) is 0 Å². The summed E-state index contributed by atoms with van der Waals surface area (Å²) in [6.45, 7) is 2.20. The van der Waals surface area contributed by atoms with Gasteiger partial charge in [-0.15, -0.1) is 11.3 Å². The number of hydrogen-bond acceptors (Lipinski definition) is 7. The van der Waals surface area contributed by atoms with Crippen LogP contribution in [0.5, 0.6) is 0 Å². The van der Waals surface area contributed by atoms with E-state index in [9.17, 15) is 24.3 Å².